The first-order valence-electron chi connectivity index (χ1n) is 5.26. The minimum absolute atomic E-state index is 0.0308. The van der Waals surface area contributed by atoms with Gasteiger partial charge in [-0.15, -0.1) is 0 Å². The van der Waals surface area contributed by atoms with Gasteiger partial charge in [0.05, 0.1) is 5.56 Å². The molecular weight excluding hydrogens is 356 g/mol. The Morgan fingerprint density at radius 1 is 1.47 bits per heavy atom. The SMILES string of the molecule is N#Cc1ccc(N2CC(S(=O)(=O)Cl)CC2=O)cc1Br. The van der Waals surface area contributed by atoms with Gasteiger partial charge >= 0.3 is 0 Å². The minimum Gasteiger partial charge on any atom is -0.311 e. The van der Waals surface area contributed by atoms with E-state index in [1.165, 1.54) is 4.90 Å². The molecule has 1 saturated heterocycles. The van der Waals surface area contributed by atoms with Crippen molar-refractivity contribution in [1.29, 1.82) is 5.26 Å². The van der Waals surface area contributed by atoms with Crippen LogP contribution in [0.3, 0.4) is 0 Å². The van der Waals surface area contributed by atoms with Gasteiger partial charge in [0.15, 0.2) is 0 Å². The van der Waals surface area contributed by atoms with Crippen LogP contribution in [0.1, 0.15) is 12.0 Å². The Morgan fingerprint density at radius 3 is 2.63 bits per heavy atom. The summed E-state index contributed by atoms with van der Waals surface area (Å²) in [7, 11) is 1.52. The van der Waals surface area contributed by atoms with E-state index in [-0.39, 0.29) is 18.9 Å². The summed E-state index contributed by atoms with van der Waals surface area (Å²) in [5, 5.41) is 7.93. The summed E-state index contributed by atoms with van der Waals surface area (Å²) in [5.41, 5.74) is 0.982. The number of rotatable bonds is 2. The van der Waals surface area contributed by atoms with Gasteiger partial charge in [-0.2, -0.15) is 5.26 Å². The minimum atomic E-state index is -3.75. The number of nitrogens with zero attached hydrogens (tertiary/aromatic N) is 2. The van der Waals surface area contributed by atoms with E-state index in [0.29, 0.717) is 15.7 Å². The van der Waals surface area contributed by atoms with Gasteiger partial charge in [-0.05, 0) is 34.1 Å². The van der Waals surface area contributed by atoms with E-state index < -0.39 is 14.3 Å². The Balaban J connectivity index is 2.31. The number of benzene rings is 1. The van der Waals surface area contributed by atoms with Crippen LogP contribution in [0.25, 0.3) is 0 Å². The Hall–Kier alpha value is -1.10. The van der Waals surface area contributed by atoms with Crippen molar-refractivity contribution in [2.45, 2.75) is 11.7 Å². The number of carbonyl (C=O) groups is 1. The monoisotopic (exact) mass is 362 g/mol. The van der Waals surface area contributed by atoms with Crippen molar-refractivity contribution < 1.29 is 13.2 Å². The second-order valence-electron chi connectivity index (χ2n) is 4.08. The first kappa shape index (κ1) is 14.3. The van der Waals surface area contributed by atoms with Crippen LogP contribution in [0.4, 0.5) is 5.69 Å². The summed E-state index contributed by atoms with van der Waals surface area (Å²) >= 11 is 3.22. The molecule has 1 amide bonds. The highest BCUT2D eigenvalue weighted by molar-refractivity contribution is 9.10. The first-order chi connectivity index (χ1) is 8.82. The normalized spacial score (nSPS) is 19.5. The topological polar surface area (TPSA) is 78.2 Å². The van der Waals surface area contributed by atoms with Gasteiger partial charge in [0, 0.05) is 33.8 Å². The summed E-state index contributed by atoms with van der Waals surface area (Å²) in [6, 6.07) is 6.77. The van der Waals surface area contributed by atoms with Crippen LogP contribution in [-0.2, 0) is 13.8 Å². The van der Waals surface area contributed by atoms with Crippen LogP contribution in [0, 0.1) is 11.3 Å². The van der Waals surface area contributed by atoms with Gasteiger partial charge in [0.25, 0.3) is 0 Å². The zero-order valence-electron chi connectivity index (χ0n) is 9.51. The lowest BCUT2D eigenvalue weighted by Crippen LogP contribution is -2.26. The summed E-state index contributed by atoms with van der Waals surface area (Å²) in [4.78, 5) is 13.2. The van der Waals surface area contributed by atoms with Crippen molar-refractivity contribution >= 4 is 47.3 Å². The molecule has 19 heavy (non-hydrogen) atoms. The van der Waals surface area contributed by atoms with Crippen LogP contribution in [0.2, 0.25) is 0 Å². The molecule has 1 aromatic carbocycles. The molecule has 0 aromatic heterocycles. The van der Waals surface area contributed by atoms with Crippen molar-refractivity contribution in [1.82, 2.24) is 0 Å². The van der Waals surface area contributed by atoms with E-state index in [1.807, 2.05) is 6.07 Å². The Bertz CT molecular complexity index is 684. The van der Waals surface area contributed by atoms with Gasteiger partial charge in [0.1, 0.15) is 11.3 Å². The molecule has 1 aliphatic heterocycles. The predicted octanol–water partition coefficient (Wildman–Crippen LogP) is 1.99. The van der Waals surface area contributed by atoms with E-state index in [4.69, 9.17) is 15.9 Å². The van der Waals surface area contributed by atoms with Crippen LogP contribution < -0.4 is 4.90 Å². The average molecular weight is 364 g/mol. The molecule has 100 valence electrons. The Labute approximate surface area is 123 Å². The van der Waals surface area contributed by atoms with Crippen LogP contribution in [-0.4, -0.2) is 26.1 Å². The Kier molecular flexibility index (Phi) is 3.85. The van der Waals surface area contributed by atoms with Gasteiger partial charge in [0.2, 0.25) is 15.0 Å². The molecule has 1 aromatic rings. The fourth-order valence-electron chi connectivity index (χ4n) is 1.88. The third kappa shape index (κ3) is 2.91. The highest BCUT2D eigenvalue weighted by Gasteiger charge is 2.38. The van der Waals surface area contributed by atoms with Gasteiger partial charge in [-0.1, -0.05) is 0 Å². The summed E-state index contributed by atoms with van der Waals surface area (Å²) in [6.45, 7) is 0.0308. The van der Waals surface area contributed by atoms with Crippen LogP contribution in [0.15, 0.2) is 22.7 Å². The number of halogens is 2. The number of anilines is 1. The standard InChI is InChI=1S/C11H8BrClN2O3S/c12-10-3-8(2-1-7(10)5-14)15-6-9(4-11(15)16)19(13,17)18/h1-3,9H,4,6H2. The third-order valence-corrected chi connectivity index (χ3v) is 5.40. The molecule has 1 aliphatic rings. The molecule has 0 aliphatic carbocycles. The van der Waals surface area contributed by atoms with E-state index in [0.717, 1.165) is 0 Å². The van der Waals surface area contributed by atoms with Crippen molar-refractivity contribution in [2.75, 3.05) is 11.4 Å². The zero-order valence-corrected chi connectivity index (χ0v) is 12.7. The molecule has 0 spiro atoms. The molecule has 1 fully saturated rings. The maximum absolute atomic E-state index is 11.8. The molecule has 1 heterocycles. The summed E-state index contributed by atoms with van der Waals surface area (Å²) in [6.07, 6.45) is -0.122. The van der Waals surface area contributed by atoms with Crippen molar-refractivity contribution in [3.8, 4) is 6.07 Å². The molecule has 0 radical (unpaired) electrons. The maximum Gasteiger partial charge on any atom is 0.237 e. The van der Waals surface area contributed by atoms with Crippen molar-refractivity contribution in [3.63, 3.8) is 0 Å². The second kappa shape index (κ2) is 5.12. The zero-order chi connectivity index (χ0) is 14.2. The largest absolute Gasteiger partial charge is 0.311 e. The Morgan fingerprint density at radius 2 is 2.16 bits per heavy atom. The average Bonchev–Trinajstić information content (AvgIpc) is 2.71. The second-order valence-corrected chi connectivity index (χ2v) is 7.84. The number of carbonyl (C=O) groups excluding carboxylic acids is 1. The first-order valence-corrected chi connectivity index (χ1v) is 8.43. The summed E-state index contributed by atoms with van der Waals surface area (Å²) in [5.74, 6) is -0.300. The van der Waals surface area contributed by atoms with Gasteiger partial charge in [-0.3, -0.25) is 4.79 Å². The fourth-order valence-corrected chi connectivity index (χ4v) is 3.36. The molecule has 0 N–H and O–H groups in total. The van der Waals surface area contributed by atoms with Crippen LogP contribution in [0.5, 0.6) is 0 Å². The number of nitriles is 1. The molecular formula is C11H8BrClN2O3S. The lowest BCUT2D eigenvalue weighted by molar-refractivity contribution is -0.117. The molecule has 0 bridgehead atoms. The molecule has 8 heteroatoms. The van der Waals surface area contributed by atoms with E-state index in [1.54, 1.807) is 18.2 Å². The molecule has 5 nitrogen and oxygen atoms in total. The van der Waals surface area contributed by atoms with E-state index in [9.17, 15) is 13.2 Å². The fraction of sp³-hybridized carbons (Fsp3) is 0.273. The van der Waals surface area contributed by atoms with Crippen LogP contribution >= 0.6 is 26.6 Å². The highest BCUT2D eigenvalue weighted by Crippen LogP contribution is 2.29. The number of hydrogen-bond donors (Lipinski definition) is 0. The molecule has 2 rings (SSSR count). The number of hydrogen-bond acceptors (Lipinski definition) is 4. The lowest BCUT2D eigenvalue weighted by Gasteiger charge is -2.16. The number of amides is 1. The van der Waals surface area contributed by atoms with E-state index >= 15 is 0 Å². The van der Waals surface area contributed by atoms with E-state index in [2.05, 4.69) is 15.9 Å². The molecule has 1 unspecified atom stereocenters. The van der Waals surface area contributed by atoms with Crippen molar-refractivity contribution in [3.05, 3.63) is 28.2 Å². The smallest absolute Gasteiger partial charge is 0.237 e. The molecule has 0 saturated carbocycles. The lowest BCUT2D eigenvalue weighted by atomic mass is 10.2. The molecule has 1 atom stereocenters. The quantitative estimate of drug-likeness (QED) is 0.753. The van der Waals surface area contributed by atoms with Gasteiger partial charge in [-0.25, -0.2) is 8.42 Å². The van der Waals surface area contributed by atoms with Crippen molar-refractivity contribution in [2.24, 2.45) is 0 Å². The third-order valence-electron chi connectivity index (χ3n) is 2.87. The maximum atomic E-state index is 11.8. The summed E-state index contributed by atoms with van der Waals surface area (Å²) < 4.78 is 23.1. The predicted molar refractivity (Wildman–Crippen MR) is 74.4 cm³/mol. The van der Waals surface area contributed by atoms with Gasteiger partial charge < -0.3 is 4.90 Å². The highest BCUT2D eigenvalue weighted by atomic mass is 79.9.